The largest absolute Gasteiger partial charge is 0.435 e. The number of rotatable bonds is 4. The average Bonchev–Trinajstić information content (AvgIpc) is 3.75. The number of thiophene rings is 1. The number of pyridine rings is 1. The smallest absolute Gasteiger partial charge is 0.227 e. The molecule has 8 rings (SSSR count). The highest BCUT2D eigenvalue weighted by atomic mass is 32.1. The van der Waals surface area contributed by atoms with E-state index < -0.39 is 0 Å². The van der Waals surface area contributed by atoms with Crippen molar-refractivity contribution in [3.05, 3.63) is 126 Å². The lowest BCUT2D eigenvalue weighted by atomic mass is 10.1. The lowest BCUT2D eigenvalue weighted by Crippen LogP contribution is -1.95. The lowest BCUT2D eigenvalue weighted by Gasteiger charge is -2.10. The third kappa shape index (κ3) is 3.59. The Morgan fingerprint density at radius 3 is 2.46 bits per heavy atom. The van der Waals surface area contributed by atoms with E-state index in [0.717, 1.165) is 55.8 Å². The van der Waals surface area contributed by atoms with Gasteiger partial charge in [0.2, 0.25) is 5.89 Å². The van der Waals surface area contributed by atoms with Gasteiger partial charge in [0.25, 0.3) is 0 Å². The number of nitrogens with zero attached hydrogens (tertiary/aromatic N) is 3. The second-order valence-corrected chi connectivity index (χ2v) is 10.3. The van der Waals surface area contributed by atoms with Crippen LogP contribution >= 0.6 is 11.3 Å². The summed E-state index contributed by atoms with van der Waals surface area (Å²) in [6, 6.07) is 37.8. The van der Waals surface area contributed by atoms with Crippen LogP contribution in [0.3, 0.4) is 0 Å². The van der Waals surface area contributed by atoms with E-state index in [1.807, 2.05) is 36.5 Å². The minimum Gasteiger partial charge on any atom is -0.435 e. The fraction of sp³-hybridized carbons (Fsp3) is 0. The second kappa shape index (κ2) is 8.79. The molecule has 0 N–H and O–H groups in total. The van der Waals surface area contributed by atoms with Gasteiger partial charge in [0.15, 0.2) is 5.58 Å². The zero-order valence-corrected chi connectivity index (χ0v) is 21.6. The van der Waals surface area contributed by atoms with Crippen LogP contribution < -0.4 is 0 Å². The van der Waals surface area contributed by atoms with Crippen molar-refractivity contribution >= 4 is 44.2 Å². The van der Waals surface area contributed by atoms with Gasteiger partial charge >= 0.3 is 0 Å². The van der Waals surface area contributed by atoms with E-state index in [1.54, 1.807) is 11.3 Å². The molecule has 0 radical (unpaired) electrons. The van der Waals surface area contributed by atoms with Crippen LogP contribution in [-0.2, 0) is 0 Å². The Kier molecular flexibility index (Phi) is 4.96. The molecule has 0 fully saturated rings. The van der Waals surface area contributed by atoms with Crippen molar-refractivity contribution in [2.45, 2.75) is 0 Å². The van der Waals surface area contributed by atoms with Gasteiger partial charge in [0.1, 0.15) is 5.52 Å². The second-order valence-electron chi connectivity index (χ2n) is 9.53. The standard InChI is InChI=1S/C34H21N3OS/c1-2-13-31-27(9-1)28-15-14-23(34-36-30-12-6-10-26(33(30)38-34)24-16-18-39-21-24)20-32(28)37(31)25-8-5-7-22(19-25)29-11-3-4-17-35-29/h1-21H. The predicted octanol–water partition coefficient (Wildman–Crippen LogP) is 9.38. The molecule has 4 aromatic carbocycles. The van der Waals surface area contributed by atoms with Crippen LogP contribution in [0.15, 0.2) is 131 Å². The van der Waals surface area contributed by atoms with Gasteiger partial charge in [-0.15, -0.1) is 0 Å². The summed E-state index contributed by atoms with van der Waals surface area (Å²) >= 11 is 1.68. The number of aromatic nitrogens is 3. The Balaban J connectivity index is 1.34. The SMILES string of the molecule is c1ccc(-c2cccc(-n3c4ccccc4c4ccc(-c5nc6cccc(-c7ccsc7)c6o5)cc43)c2)nc1. The van der Waals surface area contributed by atoms with Crippen LogP contribution in [0, 0.1) is 0 Å². The monoisotopic (exact) mass is 519 g/mol. The van der Waals surface area contributed by atoms with Gasteiger partial charge in [-0.1, -0.05) is 54.6 Å². The Morgan fingerprint density at radius 1 is 0.667 bits per heavy atom. The molecule has 8 aromatic rings. The van der Waals surface area contributed by atoms with E-state index >= 15 is 0 Å². The lowest BCUT2D eigenvalue weighted by molar-refractivity contribution is 0.621. The maximum absolute atomic E-state index is 6.43. The van der Waals surface area contributed by atoms with E-state index in [0.29, 0.717) is 5.89 Å². The summed E-state index contributed by atoms with van der Waals surface area (Å²) in [4.78, 5) is 9.46. The molecular formula is C34H21N3OS. The summed E-state index contributed by atoms with van der Waals surface area (Å²) in [6.07, 6.45) is 1.83. The number of benzene rings is 4. The minimum atomic E-state index is 0.619. The number of hydrogen-bond acceptors (Lipinski definition) is 4. The Labute approximate surface area is 228 Å². The van der Waals surface area contributed by atoms with Gasteiger partial charge in [-0.05, 0) is 70.9 Å². The van der Waals surface area contributed by atoms with Crippen LogP contribution in [0.5, 0.6) is 0 Å². The van der Waals surface area contributed by atoms with E-state index in [-0.39, 0.29) is 0 Å². The van der Waals surface area contributed by atoms with E-state index in [1.165, 1.54) is 10.8 Å². The molecule has 0 saturated heterocycles. The molecule has 0 bridgehead atoms. The predicted molar refractivity (Wildman–Crippen MR) is 160 cm³/mol. The molecule has 39 heavy (non-hydrogen) atoms. The summed E-state index contributed by atoms with van der Waals surface area (Å²) < 4.78 is 8.75. The highest BCUT2D eigenvalue weighted by molar-refractivity contribution is 7.08. The van der Waals surface area contributed by atoms with Crippen molar-refractivity contribution in [2.75, 3.05) is 0 Å². The first-order chi connectivity index (χ1) is 19.3. The normalized spacial score (nSPS) is 11.6. The average molecular weight is 520 g/mol. The third-order valence-electron chi connectivity index (χ3n) is 7.23. The molecule has 4 nitrogen and oxygen atoms in total. The van der Waals surface area contributed by atoms with Gasteiger partial charge in [-0.2, -0.15) is 11.3 Å². The molecule has 184 valence electrons. The molecule has 5 heteroatoms. The maximum Gasteiger partial charge on any atom is 0.227 e. The Hall–Kier alpha value is -5.00. The minimum absolute atomic E-state index is 0.619. The number of oxazole rings is 1. The van der Waals surface area contributed by atoms with Crippen molar-refractivity contribution in [1.82, 2.24) is 14.5 Å². The molecule has 0 saturated carbocycles. The van der Waals surface area contributed by atoms with Crippen molar-refractivity contribution in [2.24, 2.45) is 0 Å². The zero-order chi connectivity index (χ0) is 25.8. The quantitative estimate of drug-likeness (QED) is 0.233. The third-order valence-corrected chi connectivity index (χ3v) is 7.92. The van der Waals surface area contributed by atoms with Crippen LogP contribution in [0.1, 0.15) is 0 Å². The van der Waals surface area contributed by atoms with E-state index in [4.69, 9.17) is 9.40 Å². The summed E-state index contributed by atoms with van der Waals surface area (Å²) in [5, 5.41) is 6.62. The molecule has 0 aliphatic heterocycles. The van der Waals surface area contributed by atoms with Gasteiger partial charge in [0.05, 0.1) is 16.7 Å². The molecule has 0 aliphatic rings. The summed E-state index contributed by atoms with van der Waals surface area (Å²) in [7, 11) is 0. The Bertz CT molecular complexity index is 2120. The summed E-state index contributed by atoms with van der Waals surface area (Å²) in [5.41, 5.74) is 10.2. The van der Waals surface area contributed by atoms with Crippen LogP contribution in [-0.4, -0.2) is 14.5 Å². The van der Waals surface area contributed by atoms with Crippen molar-refractivity contribution < 1.29 is 4.42 Å². The van der Waals surface area contributed by atoms with Crippen molar-refractivity contribution in [3.8, 4) is 39.5 Å². The van der Waals surface area contributed by atoms with E-state index in [9.17, 15) is 0 Å². The number of fused-ring (bicyclic) bond motifs is 4. The molecule has 0 atom stereocenters. The highest BCUT2D eigenvalue weighted by Gasteiger charge is 2.17. The fourth-order valence-corrected chi connectivity index (χ4v) is 6.09. The summed E-state index contributed by atoms with van der Waals surface area (Å²) in [5.74, 6) is 0.619. The first kappa shape index (κ1) is 22.0. The first-order valence-corrected chi connectivity index (χ1v) is 13.8. The van der Waals surface area contributed by atoms with Gasteiger partial charge < -0.3 is 8.98 Å². The summed E-state index contributed by atoms with van der Waals surface area (Å²) in [6.45, 7) is 0. The molecule has 0 amide bonds. The van der Waals surface area contributed by atoms with Crippen LogP contribution in [0.25, 0.3) is 72.4 Å². The molecule has 4 heterocycles. The van der Waals surface area contributed by atoms with Gasteiger partial charge in [-0.3, -0.25) is 4.98 Å². The van der Waals surface area contributed by atoms with Gasteiger partial charge in [0, 0.05) is 39.3 Å². The molecule has 0 spiro atoms. The molecular weight excluding hydrogens is 498 g/mol. The number of para-hydroxylation sites is 2. The molecule has 0 aliphatic carbocycles. The topological polar surface area (TPSA) is 43.9 Å². The van der Waals surface area contributed by atoms with Gasteiger partial charge in [-0.25, -0.2) is 4.98 Å². The molecule has 0 unspecified atom stereocenters. The van der Waals surface area contributed by atoms with Crippen LogP contribution in [0.4, 0.5) is 0 Å². The fourth-order valence-electron chi connectivity index (χ4n) is 5.44. The van der Waals surface area contributed by atoms with Crippen molar-refractivity contribution in [1.29, 1.82) is 0 Å². The highest BCUT2D eigenvalue weighted by Crippen LogP contribution is 2.37. The van der Waals surface area contributed by atoms with Crippen LogP contribution in [0.2, 0.25) is 0 Å². The van der Waals surface area contributed by atoms with Crippen molar-refractivity contribution in [3.63, 3.8) is 0 Å². The Morgan fingerprint density at radius 2 is 1.56 bits per heavy atom. The number of hydrogen-bond donors (Lipinski definition) is 0. The zero-order valence-electron chi connectivity index (χ0n) is 20.8. The first-order valence-electron chi connectivity index (χ1n) is 12.8. The maximum atomic E-state index is 6.43. The van der Waals surface area contributed by atoms with E-state index in [2.05, 4.69) is 99.2 Å². The molecule has 4 aromatic heterocycles.